The van der Waals surface area contributed by atoms with Crippen molar-refractivity contribution in [2.45, 2.75) is 19.8 Å². The normalized spacial score (nSPS) is 10.7. The molecule has 0 aliphatic carbocycles. The molecule has 0 saturated heterocycles. The first kappa shape index (κ1) is 15.8. The molecular weight excluding hydrogens is 307 g/mol. The third kappa shape index (κ3) is 4.00. The predicted octanol–water partition coefficient (Wildman–Crippen LogP) is 6.24. The van der Waals surface area contributed by atoms with Crippen LogP contribution in [-0.2, 0) is 12.8 Å². The second kappa shape index (κ2) is 6.97. The van der Waals surface area contributed by atoms with Crippen molar-refractivity contribution in [1.29, 1.82) is 0 Å². The Kier molecular flexibility index (Phi) is 4.78. The molecule has 0 bridgehead atoms. The van der Waals surface area contributed by atoms with E-state index in [4.69, 9.17) is 11.6 Å². The highest BCUT2D eigenvalue weighted by Crippen LogP contribution is 2.24. The lowest BCUT2D eigenvalue weighted by Crippen LogP contribution is -1.92. The van der Waals surface area contributed by atoms with Crippen molar-refractivity contribution < 1.29 is 4.39 Å². The summed E-state index contributed by atoms with van der Waals surface area (Å²) in [6.07, 6.45) is 1.92. The maximum absolute atomic E-state index is 14.0. The number of halogens is 2. The molecule has 0 aliphatic rings. The van der Waals surface area contributed by atoms with Gasteiger partial charge in [-0.05, 0) is 60.2 Å². The van der Waals surface area contributed by atoms with Crippen molar-refractivity contribution in [2.75, 3.05) is 0 Å². The highest BCUT2D eigenvalue weighted by Gasteiger charge is 2.05. The van der Waals surface area contributed by atoms with E-state index in [0.29, 0.717) is 5.56 Å². The second-order valence-electron chi connectivity index (χ2n) is 5.81. The highest BCUT2D eigenvalue weighted by molar-refractivity contribution is 6.30. The lowest BCUT2D eigenvalue weighted by Gasteiger charge is -2.07. The van der Waals surface area contributed by atoms with Gasteiger partial charge in [0.2, 0.25) is 0 Å². The van der Waals surface area contributed by atoms with Gasteiger partial charge in [0.15, 0.2) is 0 Å². The van der Waals surface area contributed by atoms with Crippen molar-refractivity contribution in [1.82, 2.24) is 0 Å². The SMILES string of the molecule is Cc1ccc(-c2ccc(CCc3ccc(Cl)cc3)cc2)c(F)c1. The van der Waals surface area contributed by atoms with Crippen molar-refractivity contribution in [2.24, 2.45) is 0 Å². The Morgan fingerprint density at radius 1 is 0.783 bits per heavy atom. The van der Waals surface area contributed by atoms with Crippen LogP contribution in [0.3, 0.4) is 0 Å². The van der Waals surface area contributed by atoms with E-state index in [1.54, 1.807) is 6.07 Å². The number of benzene rings is 3. The average molecular weight is 325 g/mol. The molecule has 0 aromatic heterocycles. The standard InChI is InChI=1S/C21H18ClF/c1-15-2-13-20(21(23)14-15)18-9-5-16(6-10-18)3-4-17-7-11-19(22)12-8-17/h2,5-14H,3-4H2,1H3. The topological polar surface area (TPSA) is 0 Å². The summed E-state index contributed by atoms with van der Waals surface area (Å²) in [5.41, 5.74) is 5.02. The van der Waals surface area contributed by atoms with E-state index < -0.39 is 0 Å². The van der Waals surface area contributed by atoms with Gasteiger partial charge in [0.05, 0.1) is 0 Å². The fraction of sp³-hybridized carbons (Fsp3) is 0.143. The molecule has 3 aromatic rings. The number of hydrogen-bond donors (Lipinski definition) is 0. The van der Waals surface area contributed by atoms with Crippen LogP contribution < -0.4 is 0 Å². The molecule has 0 heterocycles. The van der Waals surface area contributed by atoms with Crippen LogP contribution in [0.5, 0.6) is 0 Å². The summed E-state index contributed by atoms with van der Waals surface area (Å²) in [7, 11) is 0. The van der Waals surface area contributed by atoms with Crippen molar-refractivity contribution in [3.8, 4) is 11.1 Å². The van der Waals surface area contributed by atoms with Gasteiger partial charge in [-0.2, -0.15) is 0 Å². The smallest absolute Gasteiger partial charge is 0.131 e. The third-order valence-electron chi connectivity index (χ3n) is 4.01. The van der Waals surface area contributed by atoms with Crippen LogP contribution in [-0.4, -0.2) is 0 Å². The monoisotopic (exact) mass is 324 g/mol. The predicted molar refractivity (Wildman–Crippen MR) is 95.4 cm³/mol. The zero-order valence-electron chi connectivity index (χ0n) is 13.0. The zero-order valence-corrected chi connectivity index (χ0v) is 13.8. The lowest BCUT2D eigenvalue weighted by atomic mass is 9.99. The number of hydrogen-bond acceptors (Lipinski definition) is 0. The first-order valence-electron chi connectivity index (χ1n) is 7.72. The summed E-state index contributed by atoms with van der Waals surface area (Å²) in [6.45, 7) is 1.90. The minimum atomic E-state index is -0.168. The molecule has 2 heteroatoms. The van der Waals surface area contributed by atoms with Gasteiger partial charge in [-0.1, -0.05) is 60.1 Å². The molecule has 0 atom stereocenters. The molecule has 116 valence electrons. The summed E-state index contributed by atoms with van der Waals surface area (Å²) in [4.78, 5) is 0. The third-order valence-corrected chi connectivity index (χ3v) is 4.26. The Balaban J connectivity index is 1.70. The number of rotatable bonds is 4. The summed E-state index contributed by atoms with van der Waals surface area (Å²) >= 11 is 5.90. The Morgan fingerprint density at radius 2 is 1.35 bits per heavy atom. The zero-order chi connectivity index (χ0) is 16.2. The van der Waals surface area contributed by atoms with Gasteiger partial charge >= 0.3 is 0 Å². The first-order valence-corrected chi connectivity index (χ1v) is 8.09. The van der Waals surface area contributed by atoms with E-state index in [2.05, 4.69) is 24.3 Å². The molecule has 0 radical (unpaired) electrons. The molecule has 0 aliphatic heterocycles. The molecular formula is C21H18ClF. The largest absolute Gasteiger partial charge is 0.206 e. The van der Waals surface area contributed by atoms with Crippen molar-refractivity contribution in [3.05, 3.63) is 94.3 Å². The molecule has 0 fully saturated rings. The average Bonchev–Trinajstić information content (AvgIpc) is 2.55. The van der Waals surface area contributed by atoms with Gasteiger partial charge in [-0.15, -0.1) is 0 Å². The molecule has 0 N–H and O–H groups in total. The Morgan fingerprint density at radius 3 is 1.91 bits per heavy atom. The van der Waals surface area contributed by atoms with Gasteiger partial charge in [-0.3, -0.25) is 0 Å². The molecule has 0 spiro atoms. The van der Waals surface area contributed by atoms with Crippen LogP contribution in [0.4, 0.5) is 4.39 Å². The van der Waals surface area contributed by atoms with Crippen LogP contribution in [0.15, 0.2) is 66.7 Å². The van der Waals surface area contributed by atoms with Crippen molar-refractivity contribution >= 4 is 11.6 Å². The van der Waals surface area contributed by atoms with Crippen LogP contribution in [0.25, 0.3) is 11.1 Å². The molecule has 0 unspecified atom stereocenters. The van der Waals surface area contributed by atoms with E-state index in [0.717, 1.165) is 29.0 Å². The van der Waals surface area contributed by atoms with Crippen LogP contribution in [0.2, 0.25) is 5.02 Å². The maximum Gasteiger partial charge on any atom is 0.131 e. The summed E-state index contributed by atoms with van der Waals surface area (Å²) in [5, 5.41) is 0.762. The Hall–Kier alpha value is -2.12. The van der Waals surface area contributed by atoms with E-state index in [1.165, 1.54) is 11.1 Å². The summed E-state index contributed by atoms with van der Waals surface area (Å²) < 4.78 is 14.0. The first-order chi connectivity index (χ1) is 11.1. The van der Waals surface area contributed by atoms with E-state index >= 15 is 0 Å². The van der Waals surface area contributed by atoms with Gasteiger partial charge < -0.3 is 0 Å². The second-order valence-corrected chi connectivity index (χ2v) is 6.24. The fourth-order valence-electron chi connectivity index (χ4n) is 2.64. The van der Waals surface area contributed by atoms with Crippen molar-refractivity contribution in [3.63, 3.8) is 0 Å². The Labute approximate surface area is 141 Å². The Bertz CT molecular complexity index is 789. The maximum atomic E-state index is 14.0. The molecule has 3 aromatic carbocycles. The van der Waals surface area contributed by atoms with E-state index in [1.807, 2.05) is 43.3 Å². The molecule has 0 amide bonds. The van der Waals surface area contributed by atoms with E-state index in [-0.39, 0.29) is 5.82 Å². The molecule has 3 rings (SSSR count). The fourth-order valence-corrected chi connectivity index (χ4v) is 2.77. The number of aryl methyl sites for hydroxylation is 3. The quantitative estimate of drug-likeness (QED) is 0.533. The van der Waals surface area contributed by atoms with Gasteiger partial charge in [0.25, 0.3) is 0 Å². The van der Waals surface area contributed by atoms with E-state index in [9.17, 15) is 4.39 Å². The van der Waals surface area contributed by atoms with Crippen LogP contribution in [0.1, 0.15) is 16.7 Å². The van der Waals surface area contributed by atoms with Crippen LogP contribution >= 0.6 is 11.6 Å². The molecule has 23 heavy (non-hydrogen) atoms. The minimum Gasteiger partial charge on any atom is -0.206 e. The summed E-state index contributed by atoms with van der Waals surface area (Å²) in [5.74, 6) is -0.168. The van der Waals surface area contributed by atoms with Crippen LogP contribution in [0, 0.1) is 12.7 Å². The highest BCUT2D eigenvalue weighted by atomic mass is 35.5. The minimum absolute atomic E-state index is 0.168. The lowest BCUT2D eigenvalue weighted by molar-refractivity contribution is 0.630. The van der Waals surface area contributed by atoms with Gasteiger partial charge in [-0.25, -0.2) is 4.39 Å². The summed E-state index contributed by atoms with van der Waals surface area (Å²) in [6, 6.07) is 21.4. The molecule has 0 nitrogen and oxygen atoms in total. The van der Waals surface area contributed by atoms with Gasteiger partial charge in [0, 0.05) is 10.6 Å². The van der Waals surface area contributed by atoms with Gasteiger partial charge in [0.1, 0.15) is 5.82 Å². The molecule has 0 saturated carbocycles.